The lowest BCUT2D eigenvalue weighted by atomic mass is 10.0. The number of nitrogens with one attached hydrogen (secondary N) is 1. The van der Waals surface area contributed by atoms with Crippen molar-refractivity contribution >= 4 is 67.2 Å². The summed E-state index contributed by atoms with van der Waals surface area (Å²) in [5, 5.41) is 10.9. The predicted molar refractivity (Wildman–Crippen MR) is 113 cm³/mol. The van der Waals surface area contributed by atoms with Crippen LogP contribution in [0.1, 0.15) is 17.3 Å². The molecule has 0 aliphatic carbocycles. The second-order valence-electron chi connectivity index (χ2n) is 5.08. The van der Waals surface area contributed by atoms with Gasteiger partial charge in [-0.05, 0) is 28.4 Å². The molecule has 0 saturated heterocycles. The zero-order valence-electron chi connectivity index (χ0n) is 14.1. The molecule has 1 N–H and O–H groups in total. The van der Waals surface area contributed by atoms with Crippen molar-refractivity contribution in [3.05, 3.63) is 45.2 Å². The van der Waals surface area contributed by atoms with Crippen LogP contribution in [0.3, 0.4) is 0 Å². The molecule has 2 aromatic heterocycles. The lowest BCUT2D eigenvalue weighted by molar-refractivity contribution is -0.113. The van der Waals surface area contributed by atoms with Crippen LogP contribution in [0.2, 0.25) is 0 Å². The molecular formula is C17H14BrN3O3S3. The number of benzene rings is 1. The van der Waals surface area contributed by atoms with Crippen molar-refractivity contribution in [2.45, 2.75) is 11.3 Å². The van der Waals surface area contributed by atoms with E-state index in [9.17, 15) is 9.59 Å². The van der Waals surface area contributed by atoms with Crippen molar-refractivity contribution in [1.29, 1.82) is 0 Å². The maximum Gasteiger partial charge on any atom is 0.341 e. The van der Waals surface area contributed by atoms with E-state index in [-0.39, 0.29) is 18.3 Å². The molecule has 10 heteroatoms. The number of rotatable bonds is 7. The van der Waals surface area contributed by atoms with Gasteiger partial charge < -0.3 is 10.1 Å². The van der Waals surface area contributed by atoms with Gasteiger partial charge in [0.15, 0.2) is 4.34 Å². The second-order valence-corrected chi connectivity index (χ2v) is 9.48. The molecule has 0 saturated carbocycles. The first-order valence-corrected chi connectivity index (χ1v) is 11.3. The highest BCUT2D eigenvalue weighted by Crippen LogP contribution is 2.44. The van der Waals surface area contributed by atoms with E-state index in [0.29, 0.717) is 20.5 Å². The first-order valence-electron chi connectivity index (χ1n) is 7.83. The van der Waals surface area contributed by atoms with Crippen LogP contribution in [0.15, 0.2) is 44.0 Å². The van der Waals surface area contributed by atoms with Gasteiger partial charge in [-0.15, -0.1) is 21.5 Å². The fraction of sp³-hybridized carbons (Fsp3) is 0.176. The van der Waals surface area contributed by atoms with Crippen LogP contribution in [-0.4, -0.2) is 34.4 Å². The van der Waals surface area contributed by atoms with Gasteiger partial charge in [0.25, 0.3) is 0 Å². The van der Waals surface area contributed by atoms with E-state index >= 15 is 0 Å². The summed E-state index contributed by atoms with van der Waals surface area (Å²) in [5.41, 5.74) is 3.55. The summed E-state index contributed by atoms with van der Waals surface area (Å²) in [6.45, 7) is 2.00. The molecule has 1 aromatic carbocycles. The highest BCUT2D eigenvalue weighted by molar-refractivity contribution is 9.11. The fourth-order valence-electron chi connectivity index (χ4n) is 2.27. The third-order valence-corrected chi connectivity index (χ3v) is 6.96. The molecule has 0 aliphatic heterocycles. The molecule has 2 heterocycles. The number of thioether (sulfide) groups is 1. The maximum atomic E-state index is 12.6. The van der Waals surface area contributed by atoms with E-state index in [0.717, 1.165) is 9.35 Å². The minimum atomic E-state index is -0.467. The molecule has 3 rings (SSSR count). The normalized spacial score (nSPS) is 10.6. The van der Waals surface area contributed by atoms with Crippen LogP contribution in [0, 0.1) is 0 Å². The smallest absolute Gasteiger partial charge is 0.341 e. The Balaban J connectivity index is 1.87. The first kappa shape index (κ1) is 20.0. The molecular weight excluding hydrogens is 470 g/mol. The molecule has 140 valence electrons. The van der Waals surface area contributed by atoms with Gasteiger partial charge in [-0.25, -0.2) is 4.79 Å². The molecule has 1 amide bonds. The van der Waals surface area contributed by atoms with Crippen LogP contribution >= 0.6 is 50.4 Å². The summed E-state index contributed by atoms with van der Waals surface area (Å²) in [6.07, 6.45) is 0. The topological polar surface area (TPSA) is 81.2 Å². The SMILES string of the molecule is CCOC(=O)c1c(NC(=O)CSc2nncs2)sc(Br)c1-c1ccccc1. The Morgan fingerprint density at radius 3 is 2.74 bits per heavy atom. The third-order valence-electron chi connectivity index (χ3n) is 3.33. The molecule has 0 atom stereocenters. The summed E-state index contributed by atoms with van der Waals surface area (Å²) in [6, 6.07) is 9.51. The van der Waals surface area contributed by atoms with Gasteiger partial charge in [-0.1, -0.05) is 53.4 Å². The third kappa shape index (κ3) is 4.95. The average Bonchev–Trinajstić information content (AvgIpc) is 3.28. The summed E-state index contributed by atoms with van der Waals surface area (Å²) in [5.74, 6) is -0.521. The molecule has 0 bridgehead atoms. The van der Waals surface area contributed by atoms with Crippen LogP contribution in [0.5, 0.6) is 0 Å². The number of anilines is 1. The minimum Gasteiger partial charge on any atom is -0.462 e. The quantitative estimate of drug-likeness (QED) is 0.378. The number of ether oxygens (including phenoxy) is 1. The maximum absolute atomic E-state index is 12.6. The largest absolute Gasteiger partial charge is 0.462 e. The van der Waals surface area contributed by atoms with Crippen molar-refractivity contribution in [1.82, 2.24) is 10.2 Å². The molecule has 6 nitrogen and oxygen atoms in total. The van der Waals surface area contributed by atoms with Crippen molar-refractivity contribution in [2.24, 2.45) is 0 Å². The molecule has 0 unspecified atom stereocenters. The van der Waals surface area contributed by atoms with Gasteiger partial charge in [0.1, 0.15) is 16.1 Å². The van der Waals surface area contributed by atoms with E-state index in [1.54, 1.807) is 12.4 Å². The van der Waals surface area contributed by atoms with Crippen LogP contribution in [0.25, 0.3) is 11.1 Å². The Labute approximate surface area is 176 Å². The fourth-order valence-corrected chi connectivity index (χ4v) is 5.42. The van der Waals surface area contributed by atoms with Gasteiger partial charge in [0.05, 0.1) is 16.1 Å². The molecule has 0 aliphatic rings. The number of hydrogen-bond donors (Lipinski definition) is 1. The van der Waals surface area contributed by atoms with Crippen molar-refractivity contribution in [3.8, 4) is 11.1 Å². The zero-order valence-corrected chi connectivity index (χ0v) is 18.1. The number of carbonyl (C=O) groups excluding carboxylic acids is 2. The average molecular weight is 484 g/mol. The van der Waals surface area contributed by atoms with Crippen LogP contribution in [0.4, 0.5) is 5.00 Å². The van der Waals surface area contributed by atoms with Crippen LogP contribution < -0.4 is 5.32 Å². The summed E-state index contributed by atoms with van der Waals surface area (Å²) < 4.78 is 6.69. The van der Waals surface area contributed by atoms with Crippen molar-refractivity contribution < 1.29 is 14.3 Å². The number of halogens is 1. The van der Waals surface area contributed by atoms with Gasteiger partial charge in [0, 0.05) is 5.56 Å². The number of hydrogen-bond acceptors (Lipinski definition) is 8. The first-order chi connectivity index (χ1) is 13.1. The Morgan fingerprint density at radius 2 is 2.07 bits per heavy atom. The van der Waals surface area contributed by atoms with E-state index in [2.05, 4.69) is 31.4 Å². The lowest BCUT2D eigenvalue weighted by Gasteiger charge is -2.08. The molecule has 3 aromatic rings. The number of aromatic nitrogens is 2. The van der Waals surface area contributed by atoms with Crippen molar-refractivity contribution in [2.75, 3.05) is 17.7 Å². The highest BCUT2D eigenvalue weighted by Gasteiger charge is 2.26. The Bertz CT molecular complexity index is 930. The highest BCUT2D eigenvalue weighted by atomic mass is 79.9. The van der Waals surface area contributed by atoms with Gasteiger partial charge in [-0.3, -0.25) is 4.79 Å². The number of amides is 1. The summed E-state index contributed by atoms with van der Waals surface area (Å²) >= 11 is 7.48. The van der Waals surface area contributed by atoms with Gasteiger partial charge in [0.2, 0.25) is 5.91 Å². The minimum absolute atomic E-state index is 0.174. The van der Waals surface area contributed by atoms with E-state index in [1.165, 1.54) is 34.4 Å². The molecule has 0 spiro atoms. The molecule has 0 radical (unpaired) electrons. The number of carbonyl (C=O) groups is 2. The molecule has 27 heavy (non-hydrogen) atoms. The number of esters is 1. The van der Waals surface area contributed by atoms with Gasteiger partial charge in [-0.2, -0.15) is 0 Å². The van der Waals surface area contributed by atoms with Gasteiger partial charge >= 0.3 is 5.97 Å². The summed E-state index contributed by atoms with van der Waals surface area (Å²) in [4.78, 5) is 25.0. The standard InChI is InChI=1S/C17H14BrN3O3S3/c1-2-24-16(23)13-12(10-6-4-3-5-7-10)14(18)27-15(13)20-11(22)8-25-17-21-19-9-26-17/h3-7,9H,2,8H2,1H3,(H,20,22). The number of nitrogens with zero attached hydrogens (tertiary/aromatic N) is 2. The van der Waals surface area contributed by atoms with Crippen LogP contribution in [-0.2, 0) is 9.53 Å². The lowest BCUT2D eigenvalue weighted by Crippen LogP contribution is -2.16. The Morgan fingerprint density at radius 1 is 1.30 bits per heavy atom. The van der Waals surface area contributed by atoms with E-state index in [1.807, 2.05) is 30.3 Å². The number of thiophene rings is 1. The zero-order chi connectivity index (χ0) is 19.2. The van der Waals surface area contributed by atoms with E-state index in [4.69, 9.17) is 4.74 Å². The molecule has 0 fully saturated rings. The Kier molecular flexibility index (Phi) is 7.00. The Hall–Kier alpha value is -1.75. The second kappa shape index (κ2) is 9.45. The van der Waals surface area contributed by atoms with E-state index < -0.39 is 5.97 Å². The summed E-state index contributed by atoms with van der Waals surface area (Å²) in [7, 11) is 0. The monoisotopic (exact) mass is 483 g/mol. The van der Waals surface area contributed by atoms with Crippen molar-refractivity contribution in [3.63, 3.8) is 0 Å². The predicted octanol–water partition coefficient (Wildman–Crippen LogP) is 4.94.